The maximum atomic E-state index is 16.0. The molecule has 0 unspecified atom stereocenters. The molecule has 4 aliphatic heterocycles. The van der Waals surface area contributed by atoms with E-state index in [4.69, 9.17) is 0 Å². The van der Waals surface area contributed by atoms with E-state index in [0.29, 0.717) is 87.8 Å². The fourth-order valence-corrected chi connectivity index (χ4v) is 14.3. The van der Waals surface area contributed by atoms with Gasteiger partial charge in [0.1, 0.15) is 18.9 Å². The maximum Gasteiger partial charge on any atom is 0.435 e. The van der Waals surface area contributed by atoms with Crippen LogP contribution in [0.5, 0.6) is 0 Å². The zero-order valence-electron chi connectivity index (χ0n) is 50.8. The van der Waals surface area contributed by atoms with Crippen LogP contribution in [0.1, 0.15) is 109 Å². The maximum absolute atomic E-state index is 16.0. The number of aromatic nitrogens is 8. The molecule has 5 fully saturated rings. The van der Waals surface area contributed by atoms with E-state index in [1.165, 1.54) is 30.5 Å². The van der Waals surface area contributed by atoms with E-state index in [-0.39, 0.29) is 94.5 Å². The average Bonchev–Trinajstić information content (AvgIpc) is 1.51. The van der Waals surface area contributed by atoms with Crippen LogP contribution in [-0.4, -0.2) is 191 Å². The second-order valence-corrected chi connectivity index (χ2v) is 25.4. The molecule has 2 atom stereocenters. The molecule has 6 amide bonds. The predicted molar refractivity (Wildman–Crippen MR) is 317 cm³/mol. The summed E-state index contributed by atoms with van der Waals surface area (Å²) in [4.78, 5) is 112. The number of nitrogens with one attached hydrogen (secondary N) is 4. The molecule has 0 radical (unpaired) electrons. The highest BCUT2D eigenvalue weighted by molar-refractivity contribution is 6.04. The van der Waals surface area contributed by atoms with Crippen molar-refractivity contribution in [2.24, 2.45) is 29.1 Å². The number of fused-ring (bicyclic) bond motifs is 4. The van der Waals surface area contributed by atoms with Gasteiger partial charge in [0.25, 0.3) is 11.8 Å². The zero-order chi connectivity index (χ0) is 65.0. The van der Waals surface area contributed by atoms with Gasteiger partial charge in [-0.1, -0.05) is 19.1 Å². The molecule has 1 saturated carbocycles. The number of aromatic amines is 1. The van der Waals surface area contributed by atoms with Crippen LogP contribution in [0.15, 0.2) is 48.9 Å². The van der Waals surface area contributed by atoms with Crippen molar-refractivity contribution in [3.8, 4) is 11.1 Å². The first-order valence-corrected chi connectivity index (χ1v) is 31.2. The lowest BCUT2D eigenvalue weighted by atomic mass is 9.87. The summed E-state index contributed by atoms with van der Waals surface area (Å²) >= 11 is 0. The largest absolute Gasteiger partial charge is 0.468 e. The minimum Gasteiger partial charge on any atom is -0.468 e. The van der Waals surface area contributed by atoms with Gasteiger partial charge in [0.2, 0.25) is 35.4 Å². The van der Waals surface area contributed by atoms with Gasteiger partial charge >= 0.3 is 12.1 Å². The molecule has 12 rings (SSSR count). The summed E-state index contributed by atoms with van der Waals surface area (Å²) in [6, 6.07) is 6.15. The van der Waals surface area contributed by atoms with Crippen LogP contribution in [0.3, 0.4) is 0 Å². The van der Waals surface area contributed by atoms with Crippen LogP contribution in [-0.2, 0) is 59.1 Å². The van der Waals surface area contributed by atoms with Gasteiger partial charge < -0.3 is 40.3 Å². The summed E-state index contributed by atoms with van der Waals surface area (Å²) in [5.74, 6) is -7.86. The average molecular weight is 1280 g/mol. The topological polar surface area (TPSA) is 277 Å². The molecular formula is C62H71F6N15O9. The summed E-state index contributed by atoms with van der Waals surface area (Å²) in [6.07, 6.45) is 4.88. The van der Waals surface area contributed by atoms with Crippen LogP contribution in [0, 0.1) is 34.9 Å². The number of carbonyl (C=O) groups is 8. The van der Waals surface area contributed by atoms with Crippen LogP contribution in [0.2, 0.25) is 0 Å². The Balaban J connectivity index is 0.556. The number of anilines is 1. The van der Waals surface area contributed by atoms with Gasteiger partial charge in [0.15, 0.2) is 11.4 Å². The summed E-state index contributed by atoms with van der Waals surface area (Å²) in [7, 11) is 1.12. The number of likely N-dealkylation sites (tertiary alicyclic amines) is 4. The number of methoxy groups -OCH3 is 1. The second-order valence-electron chi connectivity index (χ2n) is 25.4. The van der Waals surface area contributed by atoms with Gasteiger partial charge in [0, 0.05) is 122 Å². The van der Waals surface area contributed by atoms with Crippen molar-refractivity contribution >= 4 is 74.8 Å². The monoisotopic (exact) mass is 1280 g/mol. The lowest BCUT2D eigenvalue weighted by Gasteiger charge is -2.40. The second kappa shape index (κ2) is 25.4. The number of amides is 6. The quantitative estimate of drug-likeness (QED) is 0.0637. The van der Waals surface area contributed by atoms with Crippen molar-refractivity contribution in [1.82, 2.24) is 69.8 Å². The molecule has 490 valence electrons. The molecular weight excluding hydrogens is 1210 g/mol. The van der Waals surface area contributed by atoms with Gasteiger partial charge in [-0.15, -0.1) is 0 Å². The number of halogens is 6. The van der Waals surface area contributed by atoms with Crippen LogP contribution < -0.4 is 16.0 Å². The molecule has 92 heavy (non-hydrogen) atoms. The van der Waals surface area contributed by atoms with Gasteiger partial charge in [-0.2, -0.15) is 33.6 Å². The number of H-pyrrole nitrogens is 1. The van der Waals surface area contributed by atoms with Gasteiger partial charge in [-0.05, 0) is 101 Å². The Labute approximate surface area is 523 Å². The minimum atomic E-state index is -5.06. The van der Waals surface area contributed by atoms with E-state index in [1.54, 1.807) is 28.9 Å². The fraction of sp³-hybridized carbons (Fsp3) is 0.548. The third kappa shape index (κ3) is 12.7. The normalized spacial score (nSPS) is 20.8. The van der Waals surface area contributed by atoms with Crippen molar-refractivity contribution in [2.75, 3.05) is 84.4 Å². The number of ether oxygens (including phenoxy) is 1. The number of nitrogens with zero attached hydrogens (tertiary/aromatic N) is 11. The van der Waals surface area contributed by atoms with Gasteiger partial charge in [0.05, 0.1) is 48.8 Å². The summed E-state index contributed by atoms with van der Waals surface area (Å²) in [6.45, 7) is 5.30. The first-order valence-electron chi connectivity index (χ1n) is 31.2. The number of rotatable bonds is 17. The Hall–Kier alpha value is -8.70. The highest BCUT2D eigenvalue weighted by atomic mass is 19.4. The molecule has 6 aliphatic rings. The van der Waals surface area contributed by atoms with E-state index in [2.05, 4.69) is 51.1 Å². The lowest BCUT2D eigenvalue weighted by Crippen LogP contribution is -2.49. The van der Waals surface area contributed by atoms with Gasteiger partial charge in [-0.3, -0.25) is 52.8 Å². The highest BCUT2D eigenvalue weighted by Gasteiger charge is 2.78. The molecule has 0 spiro atoms. The molecule has 30 heteroatoms. The van der Waals surface area contributed by atoms with E-state index in [9.17, 15) is 60.3 Å². The minimum absolute atomic E-state index is 0.0171. The Bertz CT molecular complexity index is 3870. The van der Waals surface area contributed by atoms with Crippen molar-refractivity contribution < 1.29 is 69.4 Å². The summed E-state index contributed by atoms with van der Waals surface area (Å²) < 4.78 is 96.7. The Kier molecular flexibility index (Phi) is 17.5. The first kappa shape index (κ1) is 63.4. The molecule has 4 N–H and O–H groups in total. The summed E-state index contributed by atoms with van der Waals surface area (Å²) in [5.41, 5.74) is -1.42. The predicted octanol–water partition coefficient (Wildman–Crippen LogP) is 5.63. The van der Waals surface area contributed by atoms with Crippen molar-refractivity contribution in [3.63, 3.8) is 0 Å². The standard InChI is InChI=1S/C62H71F6N15O9/c1-60-27-45-43(26-48(60)61(60,64)65)55(75-74-45)57(89)73-39-29-71-81(33-39)40-14-22-80(23-15-40)59(91)37-12-20-79(21-13-37)58(90)36-10-16-77(17-11-36)32-35-8-18-78(19-9-35)51(86)6-7-52(87)83-47-25-42(44(63)24-38(47)28-72-83)41-4-3-5-46-54(41)56(62(66,67)68)76-82(46)34-50(85)69-30-49(84)70-31-53(88)92-2/h3-5,24-25,28-29,33,35-37,40,48H,6-23,26-27,30-32,34H2,1-2H3,(H,69,85)(H,70,84)(H,73,89)(H,74,75)/t48-,60+/m1/s1. The zero-order valence-corrected chi connectivity index (χ0v) is 50.8. The molecule has 6 aromatic rings. The van der Waals surface area contributed by atoms with Crippen LogP contribution in [0.4, 0.5) is 32.0 Å². The molecule has 2 aromatic carbocycles. The molecule has 8 heterocycles. The molecule has 24 nitrogen and oxygen atoms in total. The van der Waals surface area contributed by atoms with Crippen molar-refractivity contribution in [3.05, 3.63) is 77.4 Å². The third-order valence-corrected chi connectivity index (χ3v) is 19.8. The highest BCUT2D eigenvalue weighted by Crippen LogP contribution is 2.70. The number of benzene rings is 2. The summed E-state index contributed by atoms with van der Waals surface area (Å²) in [5, 5.41) is 26.3. The van der Waals surface area contributed by atoms with Crippen molar-refractivity contribution in [1.29, 1.82) is 0 Å². The fourth-order valence-electron chi connectivity index (χ4n) is 14.3. The van der Waals surface area contributed by atoms with Crippen LogP contribution >= 0.6 is 0 Å². The van der Waals surface area contributed by atoms with Crippen LogP contribution in [0.25, 0.3) is 32.9 Å². The Morgan fingerprint density at radius 2 is 1.40 bits per heavy atom. The molecule has 4 saturated heterocycles. The number of esters is 1. The molecule has 4 aromatic heterocycles. The van der Waals surface area contributed by atoms with E-state index in [1.807, 2.05) is 9.80 Å². The number of alkyl halides is 5. The molecule has 0 bridgehead atoms. The van der Waals surface area contributed by atoms with E-state index < -0.39 is 89.6 Å². The number of hydrogen-bond donors (Lipinski definition) is 4. The Morgan fingerprint density at radius 3 is 2.09 bits per heavy atom. The van der Waals surface area contributed by atoms with Crippen molar-refractivity contribution in [2.45, 2.75) is 109 Å². The lowest BCUT2D eigenvalue weighted by molar-refractivity contribution is -0.144. The Morgan fingerprint density at radius 1 is 0.750 bits per heavy atom. The SMILES string of the molecule is COC(=O)CNC(=O)CNC(=O)Cn1nc(C(F)(F)F)c2c(-c3cc4c(cnn4C(=O)CCC(=O)N4CCC(CN5CCC(C(=O)N6CCC(C(=O)N7CCC(n8cc(NC(=O)c9n[nH]c%10c9C[C@H]9C(F)(F)[C@@]9(C)C%10)cn8)CC7)CC6)CC5)CC4)cc3F)cccc21. The first-order chi connectivity index (χ1) is 44.0. The van der Waals surface area contributed by atoms with Gasteiger partial charge in [-0.25, -0.2) is 17.9 Å². The van der Waals surface area contributed by atoms with E-state index >= 15 is 4.39 Å². The van der Waals surface area contributed by atoms with E-state index in [0.717, 1.165) is 67.9 Å². The number of hydrogen-bond acceptors (Lipinski definition) is 14. The number of piperidine rings is 4. The number of carbonyl (C=O) groups excluding carboxylic acids is 8. The smallest absolute Gasteiger partial charge is 0.435 e. The third-order valence-electron chi connectivity index (χ3n) is 19.8. The molecule has 2 aliphatic carbocycles.